The Labute approximate surface area is 136 Å². The first-order chi connectivity index (χ1) is 11.2. The number of nitrogens with one attached hydrogen (secondary N) is 1. The minimum Gasteiger partial charge on any atom is -0.495 e. The summed E-state index contributed by atoms with van der Waals surface area (Å²) >= 11 is 0. The summed E-state index contributed by atoms with van der Waals surface area (Å²) in [6.07, 6.45) is 0. The van der Waals surface area contributed by atoms with Crippen molar-refractivity contribution in [3.05, 3.63) is 54.6 Å². The summed E-state index contributed by atoms with van der Waals surface area (Å²) in [6.45, 7) is 1.48. The third-order valence-corrected chi connectivity index (χ3v) is 3.28. The molecule has 0 radical (unpaired) electrons. The molecule has 23 heavy (non-hydrogen) atoms. The number of ether oxygens (including phenoxy) is 2. The minimum absolute atomic E-state index is 0.0864. The van der Waals surface area contributed by atoms with E-state index in [0.717, 1.165) is 5.75 Å². The molecule has 0 unspecified atom stereocenters. The average Bonchev–Trinajstić information content (AvgIpc) is 2.56. The van der Waals surface area contributed by atoms with Crippen molar-refractivity contribution in [1.82, 2.24) is 4.90 Å². The number of carbonyl (C=O) groups excluding carboxylic acids is 1. The molecule has 0 aliphatic heterocycles. The van der Waals surface area contributed by atoms with Crippen LogP contribution < -0.4 is 14.8 Å². The van der Waals surface area contributed by atoms with E-state index < -0.39 is 0 Å². The number of hydrogen-bond acceptors (Lipinski definition) is 4. The van der Waals surface area contributed by atoms with Crippen molar-refractivity contribution in [2.45, 2.75) is 0 Å². The fraction of sp³-hybridized carbons (Fsp3) is 0.278. The molecule has 1 N–H and O–H groups in total. The van der Waals surface area contributed by atoms with Crippen molar-refractivity contribution >= 4 is 11.6 Å². The molecule has 0 aromatic heterocycles. The average molecular weight is 314 g/mol. The van der Waals surface area contributed by atoms with Gasteiger partial charge in [0.15, 0.2) is 0 Å². The molecule has 5 heteroatoms. The molecule has 0 fully saturated rings. The summed E-state index contributed by atoms with van der Waals surface area (Å²) in [5, 5.41) is 2.85. The number of para-hydroxylation sites is 3. The molecule has 122 valence electrons. The van der Waals surface area contributed by atoms with E-state index in [4.69, 9.17) is 9.47 Å². The van der Waals surface area contributed by atoms with E-state index in [1.807, 2.05) is 66.5 Å². The molecule has 0 saturated heterocycles. The second-order valence-corrected chi connectivity index (χ2v) is 5.15. The van der Waals surface area contributed by atoms with E-state index in [1.165, 1.54) is 0 Å². The van der Waals surface area contributed by atoms with Gasteiger partial charge in [0.25, 0.3) is 0 Å². The largest absolute Gasteiger partial charge is 0.495 e. The van der Waals surface area contributed by atoms with Gasteiger partial charge >= 0.3 is 0 Å². The Kier molecular flexibility index (Phi) is 6.44. The molecule has 0 bridgehead atoms. The number of methoxy groups -OCH3 is 1. The molecule has 0 spiro atoms. The van der Waals surface area contributed by atoms with Crippen LogP contribution in [0.25, 0.3) is 0 Å². The molecule has 2 aromatic rings. The maximum atomic E-state index is 12.1. The first-order valence-electron chi connectivity index (χ1n) is 7.48. The van der Waals surface area contributed by atoms with Gasteiger partial charge in [0.05, 0.1) is 19.3 Å². The van der Waals surface area contributed by atoms with Gasteiger partial charge in [0, 0.05) is 6.54 Å². The van der Waals surface area contributed by atoms with Crippen molar-refractivity contribution in [2.24, 2.45) is 0 Å². The molecule has 0 atom stereocenters. The summed E-state index contributed by atoms with van der Waals surface area (Å²) in [7, 11) is 3.47. The standard InChI is InChI=1S/C18H22N2O3/c1-20(12-13-23-15-8-4-3-5-9-15)14-18(21)19-16-10-6-7-11-17(16)22-2/h3-11H,12-14H2,1-2H3,(H,19,21). The Morgan fingerprint density at radius 2 is 1.78 bits per heavy atom. The third-order valence-electron chi connectivity index (χ3n) is 3.28. The normalized spacial score (nSPS) is 10.4. The van der Waals surface area contributed by atoms with Crippen LogP contribution in [0, 0.1) is 0 Å². The summed E-state index contributed by atoms with van der Waals surface area (Å²) < 4.78 is 10.8. The summed E-state index contributed by atoms with van der Waals surface area (Å²) in [5.41, 5.74) is 0.675. The van der Waals surface area contributed by atoms with Crippen LogP contribution in [0.1, 0.15) is 0 Å². The number of amides is 1. The van der Waals surface area contributed by atoms with E-state index >= 15 is 0 Å². The van der Waals surface area contributed by atoms with Crippen molar-refractivity contribution in [1.29, 1.82) is 0 Å². The molecule has 2 rings (SSSR count). The minimum atomic E-state index is -0.0864. The second-order valence-electron chi connectivity index (χ2n) is 5.15. The lowest BCUT2D eigenvalue weighted by atomic mass is 10.3. The fourth-order valence-electron chi connectivity index (χ4n) is 2.10. The molecule has 0 heterocycles. The van der Waals surface area contributed by atoms with Gasteiger partial charge in [-0.05, 0) is 31.3 Å². The lowest BCUT2D eigenvalue weighted by Gasteiger charge is -2.17. The molecule has 5 nitrogen and oxygen atoms in total. The van der Waals surface area contributed by atoms with Crippen LogP contribution >= 0.6 is 0 Å². The molecule has 0 saturated carbocycles. The third kappa shape index (κ3) is 5.64. The number of nitrogens with zero attached hydrogens (tertiary/aromatic N) is 1. The van der Waals surface area contributed by atoms with Gasteiger partial charge < -0.3 is 14.8 Å². The van der Waals surface area contributed by atoms with Crippen LogP contribution in [0.4, 0.5) is 5.69 Å². The fourth-order valence-corrected chi connectivity index (χ4v) is 2.10. The van der Waals surface area contributed by atoms with E-state index in [1.54, 1.807) is 7.11 Å². The number of rotatable bonds is 8. The van der Waals surface area contributed by atoms with Gasteiger partial charge in [0.1, 0.15) is 18.1 Å². The van der Waals surface area contributed by atoms with Gasteiger partial charge in [-0.1, -0.05) is 30.3 Å². The first-order valence-corrected chi connectivity index (χ1v) is 7.48. The maximum absolute atomic E-state index is 12.1. The van der Waals surface area contributed by atoms with E-state index in [2.05, 4.69) is 5.32 Å². The molecule has 0 aliphatic rings. The Balaban J connectivity index is 1.74. The number of likely N-dealkylation sites (N-methyl/N-ethyl adjacent to an activating group) is 1. The quantitative estimate of drug-likeness (QED) is 0.814. The lowest BCUT2D eigenvalue weighted by molar-refractivity contribution is -0.117. The van der Waals surface area contributed by atoms with Gasteiger partial charge in [-0.3, -0.25) is 9.69 Å². The monoisotopic (exact) mass is 314 g/mol. The predicted molar refractivity (Wildman–Crippen MR) is 91.1 cm³/mol. The molecule has 0 aliphatic carbocycles. The molecule has 2 aromatic carbocycles. The molecular formula is C18H22N2O3. The zero-order chi connectivity index (χ0) is 16.5. The van der Waals surface area contributed by atoms with Crippen LogP contribution in [0.3, 0.4) is 0 Å². The maximum Gasteiger partial charge on any atom is 0.238 e. The van der Waals surface area contributed by atoms with E-state index in [9.17, 15) is 4.79 Å². The van der Waals surface area contributed by atoms with E-state index in [-0.39, 0.29) is 12.5 Å². The van der Waals surface area contributed by atoms with Crippen LogP contribution in [-0.4, -0.2) is 44.7 Å². The van der Waals surface area contributed by atoms with Crippen molar-refractivity contribution in [3.8, 4) is 11.5 Å². The Morgan fingerprint density at radius 1 is 1.09 bits per heavy atom. The highest BCUT2D eigenvalue weighted by Gasteiger charge is 2.09. The number of benzene rings is 2. The smallest absolute Gasteiger partial charge is 0.238 e. The van der Waals surface area contributed by atoms with Gasteiger partial charge in [-0.2, -0.15) is 0 Å². The van der Waals surface area contributed by atoms with Crippen molar-refractivity contribution in [3.63, 3.8) is 0 Å². The van der Waals surface area contributed by atoms with Crippen molar-refractivity contribution < 1.29 is 14.3 Å². The Morgan fingerprint density at radius 3 is 2.52 bits per heavy atom. The van der Waals surface area contributed by atoms with Crippen molar-refractivity contribution in [2.75, 3.05) is 39.2 Å². The topological polar surface area (TPSA) is 50.8 Å². The van der Waals surface area contributed by atoms with Crippen LogP contribution in [0.5, 0.6) is 11.5 Å². The number of carbonyl (C=O) groups is 1. The zero-order valence-electron chi connectivity index (χ0n) is 13.5. The van der Waals surface area contributed by atoms with Crippen LogP contribution in [0.2, 0.25) is 0 Å². The first kappa shape index (κ1) is 16.8. The summed E-state index contributed by atoms with van der Waals surface area (Å²) in [6, 6.07) is 17.0. The number of hydrogen-bond donors (Lipinski definition) is 1. The zero-order valence-corrected chi connectivity index (χ0v) is 13.5. The van der Waals surface area contributed by atoms with Gasteiger partial charge in [0.2, 0.25) is 5.91 Å². The van der Waals surface area contributed by atoms with Gasteiger partial charge in [-0.25, -0.2) is 0 Å². The highest BCUT2D eigenvalue weighted by atomic mass is 16.5. The highest BCUT2D eigenvalue weighted by molar-refractivity contribution is 5.93. The van der Waals surface area contributed by atoms with Crippen LogP contribution in [0.15, 0.2) is 54.6 Å². The second kappa shape index (κ2) is 8.80. The van der Waals surface area contributed by atoms with Gasteiger partial charge in [-0.15, -0.1) is 0 Å². The SMILES string of the molecule is COc1ccccc1NC(=O)CN(C)CCOc1ccccc1. The lowest BCUT2D eigenvalue weighted by Crippen LogP contribution is -2.33. The number of anilines is 1. The highest BCUT2D eigenvalue weighted by Crippen LogP contribution is 2.22. The molecular weight excluding hydrogens is 292 g/mol. The summed E-state index contributed by atoms with van der Waals surface area (Å²) in [4.78, 5) is 14.0. The van der Waals surface area contributed by atoms with Crippen LogP contribution in [-0.2, 0) is 4.79 Å². The Hall–Kier alpha value is -2.53. The van der Waals surface area contributed by atoms with E-state index in [0.29, 0.717) is 24.6 Å². The Bertz CT molecular complexity index is 617. The predicted octanol–water partition coefficient (Wildman–Crippen LogP) is 2.64. The summed E-state index contributed by atoms with van der Waals surface area (Å²) in [5.74, 6) is 1.40. The molecule has 1 amide bonds.